The summed E-state index contributed by atoms with van der Waals surface area (Å²) in [6, 6.07) is 10.5. The van der Waals surface area contributed by atoms with Gasteiger partial charge in [-0.25, -0.2) is 4.98 Å². The molecule has 0 saturated carbocycles. The molecule has 0 spiro atoms. The van der Waals surface area contributed by atoms with E-state index in [0.717, 1.165) is 16.8 Å². The molecule has 1 N–H and O–H groups in total. The van der Waals surface area contributed by atoms with Gasteiger partial charge in [0.2, 0.25) is 0 Å². The van der Waals surface area contributed by atoms with Crippen molar-refractivity contribution in [2.75, 3.05) is 5.32 Å². The predicted octanol–water partition coefficient (Wildman–Crippen LogP) is 1.82. The van der Waals surface area contributed by atoms with Gasteiger partial charge in [0, 0.05) is 11.6 Å². The van der Waals surface area contributed by atoms with E-state index in [1.54, 1.807) is 18.2 Å². The van der Waals surface area contributed by atoms with Crippen molar-refractivity contribution >= 4 is 44.2 Å². The van der Waals surface area contributed by atoms with Crippen LogP contribution in [-0.4, -0.2) is 21.8 Å². The van der Waals surface area contributed by atoms with E-state index >= 15 is 0 Å². The smallest absolute Gasteiger partial charge is 0.282 e. The Bertz CT molecular complexity index is 917. The van der Waals surface area contributed by atoms with Crippen LogP contribution in [0, 0.1) is 10.1 Å². The van der Waals surface area contributed by atoms with Gasteiger partial charge in [-0.2, -0.15) is 0 Å². The molecule has 0 fully saturated rings. The highest BCUT2D eigenvalue weighted by atomic mass is 32.1. The van der Waals surface area contributed by atoms with Gasteiger partial charge in [-0.3, -0.25) is 20.2 Å². The van der Waals surface area contributed by atoms with Crippen LogP contribution in [0.2, 0.25) is 0 Å². The number of carbonyl (C=O) groups excluding carboxylic acids is 2. The first-order valence-corrected chi connectivity index (χ1v) is 7.44. The second-order valence-corrected chi connectivity index (χ2v) is 5.72. The van der Waals surface area contributed by atoms with E-state index in [0.29, 0.717) is 5.52 Å². The molecule has 0 atom stereocenters. The number of hydrogen-bond donors (Lipinski definition) is 1. The number of carbonyl (C=O) groups is 2. The Labute approximate surface area is 138 Å². The van der Waals surface area contributed by atoms with Crippen molar-refractivity contribution in [1.82, 2.24) is 4.98 Å². The van der Waals surface area contributed by atoms with Gasteiger partial charge < -0.3 is 9.90 Å². The average Bonchev–Trinajstić information content (AvgIpc) is 2.95. The zero-order valence-electron chi connectivity index (χ0n) is 11.9. The van der Waals surface area contributed by atoms with E-state index in [-0.39, 0.29) is 5.13 Å². The SMILES string of the molecule is O=C([O-])c1cccc([N+](=O)[O-])c1C(=O)Nc1nc2ccccc2s1. The highest BCUT2D eigenvalue weighted by Crippen LogP contribution is 2.28. The number of amides is 1. The standard InChI is InChI=1S/C15H9N3O5S/c19-13(17-15-16-9-5-1-2-7-11(9)24-15)12-8(14(20)21)4-3-6-10(12)18(22)23/h1-7H,(H,20,21)(H,16,17,19)/p-1. The van der Waals surface area contributed by atoms with Gasteiger partial charge in [0.15, 0.2) is 5.13 Å². The number of nitrogens with zero attached hydrogens (tertiary/aromatic N) is 2. The van der Waals surface area contributed by atoms with Crippen LogP contribution in [0.15, 0.2) is 42.5 Å². The molecule has 1 aromatic heterocycles. The number of hydrogen-bond acceptors (Lipinski definition) is 7. The van der Waals surface area contributed by atoms with Crippen molar-refractivity contribution in [2.24, 2.45) is 0 Å². The topological polar surface area (TPSA) is 125 Å². The first-order valence-electron chi connectivity index (χ1n) is 6.63. The molecule has 1 heterocycles. The molecule has 0 radical (unpaired) electrons. The molecule has 0 unspecified atom stereocenters. The summed E-state index contributed by atoms with van der Waals surface area (Å²) in [6.45, 7) is 0. The highest BCUT2D eigenvalue weighted by molar-refractivity contribution is 7.22. The highest BCUT2D eigenvalue weighted by Gasteiger charge is 2.25. The zero-order chi connectivity index (χ0) is 17.3. The maximum atomic E-state index is 12.4. The Hall–Kier alpha value is -3.33. The maximum Gasteiger partial charge on any atom is 0.282 e. The molecular weight excluding hydrogens is 334 g/mol. The lowest BCUT2D eigenvalue weighted by molar-refractivity contribution is -0.385. The fourth-order valence-corrected chi connectivity index (χ4v) is 3.05. The lowest BCUT2D eigenvalue weighted by Crippen LogP contribution is -2.27. The minimum Gasteiger partial charge on any atom is -0.545 e. The van der Waals surface area contributed by atoms with E-state index in [4.69, 9.17) is 0 Å². The second kappa shape index (κ2) is 6.05. The molecule has 8 nitrogen and oxygen atoms in total. The molecule has 2 aromatic carbocycles. The van der Waals surface area contributed by atoms with Crippen molar-refractivity contribution in [3.05, 3.63) is 63.7 Å². The van der Waals surface area contributed by atoms with E-state index in [2.05, 4.69) is 10.3 Å². The number of rotatable bonds is 4. The Morgan fingerprint density at radius 2 is 1.88 bits per heavy atom. The van der Waals surface area contributed by atoms with Gasteiger partial charge in [-0.15, -0.1) is 0 Å². The summed E-state index contributed by atoms with van der Waals surface area (Å²) in [7, 11) is 0. The lowest BCUT2D eigenvalue weighted by atomic mass is 10.0. The van der Waals surface area contributed by atoms with Crippen LogP contribution < -0.4 is 10.4 Å². The fraction of sp³-hybridized carbons (Fsp3) is 0. The van der Waals surface area contributed by atoms with Gasteiger partial charge in [0.1, 0.15) is 5.56 Å². The van der Waals surface area contributed by atoms with E-state index in [9.17, 15) is 24.8 Å². The van der Waals surface area contributed by atoms with E-state index < -0.39 is 33.6 Å². The van der Waals surface area contributed by atoms with E-state index in [1.165, 1.54) is 17.4 Å². The number of thiazole rings is 1. The zero-order valence-corrected chi connectivity index (χ0v) is 12.7. The number of carboxylic acid groups (broad SMARTS) is 1. The monoisotopic (exact) mass is 342 g/mol. The Morgan fingerprint density at radius 1 is 1.12 bits per heavy atom. The van der Waals surface area contributed by atoms with Crippen LogP contribution in [0.5, 0.6) is 0 Å². The minimum atomic E-state index is -1.67. The summed E-state index contributed by atoms with van der Waals surface area (Å²) >= 11 is 1.17. The first kappa shape index (κ1) is 15.6. The summed E-state index contributed by atoms with van der Waals surface area (Å²) in [5.41, 5.74) is -1.08. The third-order valence-corrected chi connectivity index (χ3v) is 4.15. The summed E-state index contributed by atoms with van der Waals surface area (Å²) in [5.74, 6) is -2.60. The number of nitrogens with one attached hydrogen (secondary N) is 1. The number of nitro benzene ring substituents is 1. The van der Waals surface area contributed by atoms with Crippen molar-refractivity contribution in [2.45, 2.75) is 0 Å². The average molecular weight is 342 g/mol. The minimum absolute atomic E-state index is 0.212. The number of anilines is 1. The molecule has 3 rings (SSSR count). The third kappa shape index (κ3) is 2.79. The molecule has 0 bridgehead atoms. The van der Waals surface area contributed by atoms with Gasteiger partial charge in [-0.1, -0.05) is 35.6 Å². The maximum absolute atomic E-state index is 12.4. The van der Waals surface area contributed by atoms with Crippen molar-refractivity contribution in [1.29, 1.82) is 0 Å². The number of benzene rings is 2. The first-order chi connectivity index (χ1) is 11.5. The second-order valence-electron chi connectivity index (χ2n) is 4.69. The molecule has 1 amide bonds. The Balaban J connectivity index is 2.03. The van der Waals surface area contributed by atoms with Crippen molar-refractivity contribution < 1.29 is 19.6 Å². The van der Waals surface area contributed by atoms with Gasteiger partial charge in [0.05, 0.1) is 21.1 Å². The van der Waals surface area contributed by atoms with Crippen molar-refractivity contribution in [3.63, 3.8) is 0 Å². The van der Waals surface area contributed by atoms with Gasteiger partial charge in [-0.05, 0) is 12.1 Å². The predicted molar refractivity (Wildman–Crippen MR) is 85.0 cm³/mol. The largest absolute Gasteiger partial charge is 0.545 e. The Morgan fingerprint density at radius 3 is 2.54 bits per heavy atom. The van der Waals surface area contributed by atoms with Crippen LogP contribution in [0.3, 0.4) is 0 Å². The van der Waals surface area contributed by atoms with Crippen LogP contribution >= 0.6 is 11.3 Å². The van der Waals surface area contributed by atoms with Crippen molar-refractivity contribution in [3.8, 4) is 0 Å². The number of fused-ring (bicyclic) bond motifs is 1. The van der Waals surface area contributed by atoms with E-state index in [1.807, 2.05) is 6.07 Å². The fourth-order valence-electron chi connectivity index (χ4n) is 2.19. The summed E-state index contributed by atoms with van der Waals surface area (Å²) in [6.07, 6.45) is 0. The molecule has 0 aliphatic rings. The number of nitro groups is 1. The molecule has 120 valence electrons. The summed E-state index contributed by atoms with van der Waals surface area (Å²) in [4.78, 5) is 38.0. The number of aromatic nitrogens is 1. The van der Waals surface area contributed by atoms with Crippen LogP contribution in [0.4, 0.5) is 10.8 Å². The van der Waals surface area contributed by atoms with Crippen LogP contribution in [0.1, 0.15) is 20.7 Å². The molecule has 0 aliphatic heterocycles. The molecule has 0 aliphatic carbocycles. The van der Waals surface area contributed by atoms with Gasteiger partial charge >= 0.3 is 0 Å². The lowest BCUT2D eigenvalue weighted by Gasteiger charge is -2.09. The third-order valence-electron chi connectivity index (χ3n) is 3.20. The molecule has 3 aromatic rings. The molecule has 9 heteroatoms. The summed E-state index contributed by atoms with van der Waals surface area (Å²) < 4.78 is 0.815. The summed E-state index contributed by atoms with van der Waals surface area (Å²) in [5, 5.41) is 24.9. The quantitative estimate of drug-likeness (QED) is 0.569. The van der Waals surface area contributed by atoms with Crippen LogP contribution in [-0.2, 0) is 0 Å². The number of carboxylic acids is 1. The number of aromatic carboxylic acids is 1. The normalized spacial score (nSPS) is 10.5. The van der Waals surface area contributed by atoms with Gasteiger partial charge in [0.25, 0.3) is 11.6 Å². The molecule has 24 heavy (non-hydrogen) atoms. The van der Waals surface area contributed by atoms with Crippen LogP contribution in [0.25, 0.3) is 10.2 Å². The number of para-hydroxylation sites is 1. The Kier molecular flexibility index (Phi) is 3.92. The molecule has 0 saturated heterocycles. The molecular formula is C15H8N3O5S-.